The van der Waals surface area contributed by atoms with Gasteiger partial charge in [0, 0.05) is 6.04 Å². The zero-order valence-electron chi connectivity index (χ0n) is 12.5. The number of hydrogen-bond donors (Lipinski definition) is 2. The maximum absolute atomic E-state index is 12.0. The predicted molar refractivity (Wildman–Crippen MR) is 80.8 cm³/mol. The van der Waals surface area contributed by atoms with Crippen molar-refractivity contribution in [2.45, 2.75) is 57.7 Å². The van der Waals surface area contributed by atoms with E-state index in [1.54, 1.807) is 6.07 Å². The number of guanidine groups is 1. The van der Waals surface area contributed by atoms with E-state index in [2.05, 4.69) is 20.0 Å². The summed E-state index contributed by atoms with van der Waals surface area (Å²) in [7, 11) is 0. The van der Waals surface area contributed by atoms with Crippen LogP contribution in [0.3, 0.4) is 0 Å². The van der Waals surface area contributed by atoms with Crippen molar-refractivity contribution in [3.8, 4) is 5.75 Å². The molecule has 1 fully saturated rings. The van der Waals surface area contributed by atoms with Gasteiger partial charge < -0.3 is 15.8 Å². The second-order valence-corrected chi connectivity index (χ2v) is 5.40. The first-order valence-electron chi connectivity index (χ1n) is 7.59. The Kier molecular flexibility index (Phi) is 6.36. The maximum atomic E-state index is 12.0. The fourth-order valence-electron chi connectivity index (χ4n) is 2.52. The van der Waals surface area contributed by atoms with Crippen molar-refractivity contribution in [2.75, 3.05) is 0 Å². The Labute approximate surface area is 129 Å². The van der Waals surface area contributed by atoms with Gasteiger partial charge in [-0.15, -0.1) is 0 Å². The molecule has 0 spiro atoms. The molecule has 0 aromatic carbocycles. The minimum absolute atomic E-state index is 0.0345. The summed E-state index contributed by atoms with van der Waals surface area (Å²) in [6, 6.07) is 3.43. The minimum Gasteiger partial charge on any atom is -0.433 e. The second kappa shape index (κ2) is 8.51. The second-order valence-electron chi connectivity index (χ2n) is 5.40. The maximum Gasteiger partial charge on any atom is 0.387 e. The lowest BCUT2D eigenvalue weighted by Crippen LogP contribution is -2.39. The van der Waals surface area contributed by atoms with E-state index in [9.17, 15) is 8.78 Å². The van der Waals surface area contributed by atoms with Crippen LogP contribution in [0.1, 0.15) is 44.2 Å². The van der Waals surface area contributed by atoms with Crippen LogP contribution < -0.4 is 15.8 Å². The molecule has 3 N–H and O–H groups in total. The average Bonchev–Trinajstić information content (AvgIpc) is 2.74. The van der Waals surface area contributed by atoms with Crippen LogP contribution in [-0.2, 0) is 6.54 Å². The number of hydrogen-bond acceptors (Lipinski definition) is 3. The van der Waals surface area contributed by atoms with E-state index < -0.39 is 6.61 Å². The molecule has 7 heteroatoms. The average molecular weight is 312 g/mol. The first-order valence-corrected chi connectivity index (χ1v) is 7.59. The summed E-state index contributed by atoms with van der Waals surface area (Å²) in [5.74, 6) is 0.439. The van der Waals surface area contributed by atoms with Gasteiger partial charge in [0.15, 0.2) is 5.96 Å². The van der Waals surface area contributed by atoms with E-state index in [4.69, 9.17) is 5.73 Å². The van der Waals surface area contributed by atoms with E-state index in [-0.39, 0.29) is 5.75 Å². The molecule has 0 amide bonds. The molecule has 1 aliphatic carbocycles. The van der Waals surface area contributed by atoms with Gasteiger partial charge >= 0.3 is 6.61 Å². The van der Waals surface area contributed by atoms with Crippen LogP contribution in [0, 0.1) is 0 Å². The number of nitrogens with one attached hydrogen (secondary N) is 1. The van der Waals surface area contributed by atoms with Crippen LogP contribution in [0.15, 0.2) is 23.3 Å². The van der Waals surface area contributed by atoms with Crippen LogP contribution in [0.5, 0.6) is 5.75 Å². The Hall–Kier alpha value is -1.92. The smallest absolute Gasteiger partial charge is 0.387 e. The van der Waals surface area contributed by atoms with E-state index in [1.165, 1.54) is 37.9 Å². The SMILES string of the molecule is NC(=NCc1ccc(OC(F)F)cn1)NC1CCCCCC1. The van der Waals surface area contributed by atoms with Crippen LogP contribution in [0.2, 0.25) is 0 Å². The van der Waals surface area contributed by atoms with Crippen LogP contribution in [-0.4, -0.2) is 23.6 Å². The fraction of sp³-hybridized carbons (Fsp3) is 0.600. The van der Waals surface area contributed by atoms with E-state index >= 15 is 0 Å². The van der Waals surface area contributed by atoms with Crippen molar-refractivity contribution < 1.29 is 13.5 Å². The zero-order chi connectivity index (χ0) is 15.8. The number of aromatic nitrogens is 1. The molecule has 0 unspecified atom stereocenters. The van der Waals surface area contributed by atoms with Gasteiger partial charge in [-0.3, -0.25) is 4.98 Å². The monoisotopic (exact) mass is 312 g/mol. The summed E-state index contributed by atoms with van der Waals surface area (Å²) in [5, 5.41) is 3.24. The van der Waals surface area contributed by atoms with Crippen LogP contribution in [0.25, 0.3) is 0 Å². The number of pyridine rings is 1. The summed E-state index contributed by atoms with van der Waals surface area (Å²) in [6.45, 7) is -2.54. The third-order valence-corrected chi connectivity index (χ3v) is 3.64. The van der Waals surface area contributed by atoms with Crippen molar-refractivity contribution in [3.05, 3.63) is 24.0 Å². The van der Waals surface area contributed by atoms with Crippen molar-refractivity contribution >= 4 is 5.96 Å². The van der Waals surface area contributed by atoms with Gasteiger partial charge in [0.25, 0.3) is 0 Å². The molecule has 1 heterocycles. The molecule has 0 atom stereocenters. The number of ether oxygens (including phenoxy) is 1. The summed E-state index contributed by atoms with van der Waals surface area (Å²) in [4.78, 5) is 8.26. The van der Waals surface area contributed by atoms with Gasteiger partial charge in [-0.2, -0.15) is 8.78 Å². The Balaban J connectivity index is 1.81. The highest BCUT2D eigenvalue weighted by molar-refractivity contribution is 5.78. The molecule has 0 aliphatic heterocycles. The van der Waals surface area contributed by atoms with Gasteiger partial charge in [0.2, 0.25) is 0 Å². The molecule has 0 bridgehead atoms. The minimum atomic E-state index is -2.84. The van der Waals surface area contributed by atoms with Crippen LogP contribution in [0.4, 0.5) is 8.78 Å². The predicted octanol–water partition coefficient (Wildman–Crippen LogP) is 2.81. The molecule has 0 saturated heterocycles. The fourth-order valence-corrected chi connectivity index (χ4v) is 2.52. The van der Waals surface area contributed by atoms with Gasteiger partial charge in [0.05, 0.1) is 18.4 Å². The molecule has 1 aromatic rings. The highest BCUT2D eigenvalue weighted by atomic mass is 19.3. The largest absolute Gasteiger partial charge is 0.433 e. The standard InChI is InChI=1S/C15H22F2N4O/c16-14(17)22-13-8-7-12(19-10-13)9-20-15(18)21-11-5-3-1-2-4-6-11/h7-8,10-11,14H,1-6,9H2,(H3,18,20,21). The number of rotatable bonds is 5. The molecule has 1 aliphatic rings. The van der Waals surface area contributed by atoms with Gasteiger partial charge in [-0.05, 0) is 25.0 Å². The van der Waals surface area contributed by atoms with E-state index in [1.807, 2.05) is 0 Å². The number of alkyl halides is 2. The van der Waals surface area contributed by atoms with Gasteiger partial charge in [0.1, 0.15) is 5.75 Å². The first-order chi connectivity index (χ1) is 10.6. The first kappa shape index (κ1) is 16.5. The molecular weight excluding hydrogens is 290 g/mol. The molecule has 5 nitrogen and oxygen atoms in total. The Morgan fingerprint density at radius 2 is 2.05 bits per heavy atom. The summed E-state index contributed by atoms with van der Waals surface area (Å²) in [6.07, 6.45) is 8.50. The van der Waals surface area contributed by atoms with Crippen molar-refractivity contribution in [3.63, 3.8) is 0 Å². The number of halogens is 2. The molecule has 1 aromatic heterocycles. The molecule has 122 valence electrons. The summed E-state index contributed by atoms with van der Waals surface area (Å²) in [5.41, 5.74) is 6.53. The third-order valence-electron chi connectivity index (χ3n) is 3.64. The summed E-state index contributed by atoms with van der Waals surface area (Å²) >= 11 is 0. The zero-order valence-corrected chi connectivity index (χ0v) is 12.5. The molecule has 0 radical (unpaired) electrons. The number of nitrogens with two attached hydrogens (primary N) is 1. The lowest BCUT2D eigenvalue weighted by atomic mass is 10.1. The Bertz CT molecular complexity index is 471. The highest BCUT2D eigenvalue weighted by Crippen LogP contribution is 2.17. The normalized spacial score (nSPS) is 17.3. The summed E-state index contributed by atoms with van der Waals surface area (Å²) < 4.78 is 28.3. The van der Waals surface area contributed by atoms with E-state index in [0.717, 1.165) is 12.8 Å². The van der Waals surface area contributed by atoms with Crippen molar-refractivity contribution in [1.29, 1.82) is 0 Å². The molecule has 22 heavy (non-hydrogen) atoms. The lowest BCUT2D eigenvalue weighted by molar-refractivity contribution is -0.0500. The molecular formula is C15H22F2N4O. The number of nitrogens with zero attached hydrogens (tertiary/aromatic N) is 2. The third kappa shape index (κ3) is 5.83. The Morgan fingerprint density at radius 1 is 1.32 bits per heavy atom. The van der Waals surface area contributed by atoms with Crippen molar-refractivity contribution in [2.24, 2.45) is 10.7 Å². The Morgan fingerprint density at radius 3 is 2.64 bits per heavy atom. The lowest BCUT2D eigenvalue weighted by Gasteiger charge is -2.16. The molecule has 2 rings (SSSR count). The number of aliphatic imine (C=N–C) groups is 1. The van der Waals surface area contributed by atoms with Crippen molar-refractivity contribution in [1.82, 2.24) is 10.3 Å². The quantitative estimate of drug-likeness (QED) is 0.498. The van der Waals surface area contributed by atoms with Crippen LogP contribution >= 0.6 is 0 Å². The van der Waals surface area contributed by atoms with Gasteiger partial charge in [-0.1, -0.05) is 25.7 Å². The highest BCUT2D eigenvalue weighted by Gasteiger charge is 2.12. The topological polar surface area (TPSA) is 72.5 Å². The van der Waals surface area contributed by atoms with Gasteiger partial charge in [-0.25, -0.2) is 4.99 Å². The molecule has 1 saturated carbocycles. The van der Waals surface area contributed by atoms with E-state index in [0.29, 0.717) is 24.2 Å².